The van der Waals surface area contributed by atoms with Gasteiger partial charge in [-0.1, -0.05) is 40.2 Å². The van der Waals surface area contributed by atoms with Crippen molar-refractivity contribution < 1.29 is 9.47 Å². The molecular formula is C16H15BrO2. The third-order valence-corrected chi connectivity index (χ3v) is 3.93. The summed E-state index contributed by atoms with van der Waals surface area (Å²) in [6.45, 7) is 0. The van der Waals surface area contributed by atoms with E-state index >= 15 is 0 Å². The summed E-state index contributed by atoms with van der Waals surface area (Å²) in [6.07, 6.45) is 2.12. The van der Waals surface area contributed by atoms with Gasteiger partial charge in [0.25, 0.3) is 0 Å². The molecular weight excluding hydrogens is 304 g/mol. The van der Waals surface area contributed by atoms with E-state index in [9.17, 15) is 0 Å². The molecule has 0 heterocycles. The van der Waals surface area contributed by atoms with Crippen molar-refractivity contribution in [3.05, 3.63) is 58.1 Å². The van der Waals surface area contributed by atoms with Crippen molar-refractivity contribution in [2.45, 2.75) is 18.9 Å². The molecule has 3 rings (SSSR count). The summed E-state index contributed by atoms with van der Waals surface area (Å²) in [5.41, 5.74) is 2.78. The Kier molecular flexibility index (Phi) is 3.47. The van der Waals surface area contributed by atoms with Crippen LogP contribution in [0.3, 0.4) is 0 Å². The molecule has 1 aliphatic rings. The van der Waals surface area contributed by atoms with Gasteiger partial charge < -0.3 is 9.47 Å². The Morgan fingerprint density at radius 2 is 1.68 bits per heavy atom. The van der Waals surface area contributed by atoms with Gasteiger partial charge in [-0.25, -0.2) is 0 Å². The summed E-state index contributed by atoms with van der Waals surface area (Å²) >= 11 is 3.47. The predicted octanol–water partition coefficient (Wildman–Crippen LogP) is 4.00. The van der Waals surface area contributed by atoms with Crippen molar-refractivity contribution in [1.29, 1.82) is 0 Å². The van der Waals surface area contributed by atoms with Crippen LogP contribution in [-0.2, 0) is 12.8 Å². The first-order valence-electron chi connectivity index (χ1n) is 6.33. The molecule has 0 N–H and O–H groups in total. The summed E-state index contributed by atoms with van der Waals surface area (Å²) in [7, 11) is 1.67. The van der Waals surface area contributed by atoms with Gasteiger partial charge in [0.2, 0.25) is 0 Å². The van der Waals surface area contributed by atoms with Crippen LogP contribution in [0.1, 0.15) is 11.1 Å². The molecule has 0 radical (unpaired) electrons. The van der Waals surface area contributed by atoms with Crippen molar-refractivity contribution in [3.63, 3.8) is 0 Å². The Balaban J connectivity index is 1.79. The lowest BCUT2D eigenvalue weighted by molar-refractivity contribution is 0.204. The maximum Gasteiger partial charge on any atom is 0.162 e. The van der Waals surface area contributed by atoms with E-state index in [0.29, 0.717) is 0 Å². The molecule has 1 aliphatic carbocycles. The number of methoxy groups -OCH3 is 1. The van der Waals surface area contributed by atoms with Gasteiger partial charge in [0.1, 0.15) is 6.10 Å². The molecule has 98 valence electrons. The highest BCUT2D eigenvalue weighted by Crippen LogP contribution is 2.33. The van der Waals surface area contributed by atoms with Gasteiger partial charge in [-0.3, -0.25) is 0 Å². The highest BCUT2D eigenvalue weighted by molar-refractivity contribution is 9.10. The van der Waals surface area contributed by atoms with Crippen LogP contribution in [0.25, 0.3) is 0 Å². The molecule has 2 nitrogen and oxygen atoms in total. The van der Waals surface area contributed by atoms with Crippen LogP contribution in [0, 0.1) is 0 Å². The molecule has 0 saturated heterocycles. The van der Waals surface area contributed by atoms with Gasteiger partial charge in [-0.2, -0.15) is 0 Å². The number of ether oxygens (including phenoxy) is 2. The van der Waals surface area contributed by atoms with Crippen LogP contribution in [0.4, 0.5) is 0 Å². The average Bonchev–Trinajstić information content (AvgIpc) is 2.81. The molecule has 19 heavy (non-hydrogen) atoms. The van der Waals surface area contributed by atoms with Crippen LogP contribution >= 0.6 is 15.9 Å². The van der Waals surface area contributed by atoms with Crippen LogP contribution in [0.15, 0.2) is 46.9 Å². The first-order valence-corrected chi connectivity index (χ1v) is 7.12. The molecule has 2 aromatic rings. The third kappa shape index (κ3) is 2.61. The van der Waals surface area contributed by atoms with Crippen LogP contribution in [0.5, 0.6) is 11.5 Å². The fraction of sp³-hybridized carbons (Fsp3) is 0.250. The maximum atomic E-state index is 6.11. The summed E-state index contributed by atoms with van der Waals surface area (Å²) in [5, 5.41) is 0. The number of hydrogen-bond donors (Lipinski definition) is 0. The zero-order valence-electron chi connectivity index (χ0n) is 10.7. The summed E-state index contributed by atoms with van der Waals surface area (Å²) in [6, 6.07) is 14.4. The molecule has 0 saturated carbocycles. The number of benzene rings is 2. The molecule has 3 heteroatoms. The average molecular weight is 319 g/mol. The zero-order valence-corrected chi connectivity index (χ0v) is 12.3. The van der Waals surface area contributed by atoms with E-state index in [1.165, 1.54) is 11.1 Å². The van der Waals surface area contributed by atoms with Gasteiger partial charge >= 0.3 is 0 Å². The molecule has 0 bridgehead atoms. The Morgan fingerprint density at radius 3 is 2.32 bits per heavy atom. The Morgan fingerprint density at radius 1 is 1.00 bits per heavy atom. The van der Waals surface area contributed by atoms with Gasteiger partial charge in [0.05, 0.1) is 7.11 Å². The summed E-state index contributed by atoms with van der Waals surface area (Å²) < 4.78 is 12.4. The first-order chi connectivity index (χ1) is 9.26. The quantitative estimate of drug-likeness (QED) is 0.851. The fourth-order valence-corrected chi connectivity index (χ4v) is 2.86. The lowest BCUT2D eigenvalue weighted by Crippen LogP contribution is -2.16. The molecule has 0 amide bonds. The number of hydrogen-bond acceptors (Lipinski definition) is 2. The standard InChI is InChI=1S/C16H15BrO2/c1-18-15-7-6-13(17)10-16(15)19-14-8-11-4-2-3-5-12(11)9-14/h2-7,10,14H,8-9H2,1H3. The van der Waals surface area contributed by atoms with E-state index < -0.39 is 0 Å². The van der Waals surface area contributed by atoms with E-state index in [4.69, 9.17) is 9.47 Å². The van der Waals surface area contributed by atoms with Gasteiger partial charge in [-0.15, -0.1) is 0 Å². The number of halogens is 1. The molecule has 0 aliphatic heterocycles. The predicted molar refractivity (Wildman–Crippen MR) is 79.0 cm³/mol. The van der Waals surface area contributed by atoms with Gasteiger partial charge in [0, 0.05) is 17.3 Å². The Hall–Kier alpha value is -1.48. The smallest absolute Gasteiger partial charge is 0.162 e. The van der Waals surface area contributed by atoms with E-state index in [1.807, 2.05) is 18.2 Å². The lowest BCUT2D eigenvalue weighted by Gasteiger charge is -2.16. The zero-order chi connectivity index (χ0) is 13.2. The lowest BCUT2D eigenvalue weighted by atomic mass is 10.1. The highest BCUT2D eigenvalue weighted by Gasteiger charge is 2.23. The topological polar surface area (TPSA) is 18.5 Å². The van der Waals surface area contributed by atoms with Crippen molar-refractivity contribution in [3.8, 4) is 11.5 Å². The van der Waals surface area contributed by atoms with E-state index in [-0.39, 0.29) is 6.10 Å². The Bertz CT molecular complexity index is 570. The fourth-order valence-electron chi connectivity index (χ4n) is 2.52. The minimum Gasteiger partial charge on any atom is -0.493 e. The second-order valence-corrected chi connectivity index (χ2v) is 5.63. The highest BCUT2D eigenvalue weighted by atomic mass is 79.9. The van der Waals surface area contributed by atoms with Crippen molar-refractivity contribution in [1.82, 2.24) is 0 Å². The van der Waals surface area contributed by atoms with E-state index in [2.05, 4.69) is 40.2 Å². The largest absolute Gasteiger partial charge is 0.493 e. The van der Waals surface area contributed by atoms with Crippen LogP contribution < -0.4 is 9.47 Å². The SMILES string of the molecule is COc1ccc(Br)cc1OC1Cc2ccccc2C1. The molecule has 0 unspecified atom stereocenters. The number of rotatable bonds is 3. The van der Waals surface area contributed by atoms with Crippen molar-refractivity contribution >= 4 is 15.9 Å². The molecule has 0 atom stereocenters. The van der Waals surface area contributed by atoms with Crippen LogP contribution in [0.2, 0.25) is 0 Å². The van der Waals surface area contributed by atoms with E-state index in [1.54, 1.807) is 7.11 Å². The molecule has 0 aromatic heterocycles. The van der Waals surface area contributed by atoms with E-state index in [0.717, 1.165) is 28.8 Å². The maximum absolute atomic E-state index is 6.11. The number of fused-ring (bicyclic) bond motifs is 1. The van der Waals surface area contributed by atoms with Crippen LogP contribution in [-0.4, -0.2) is 13.2 Å². The monoisotopic (exact) mass is 318 g/mol. The second-order valence-electron chi connectivity index (χ2n) is 4.71. The minimum atomic E-state index is 0.195. The van der Waals surface area contributed by atoms with Crippen molar-refractivity contribution in [2.24, 2.45) is 0 Å². The molecule has 0 spiro atoms. The second kappa shape index (κ2) is 5.25. The first kappa shape index (κ1) is 12.5. The summed E-state index contributed by atoms with van der Waals surface area (Å²) in [5.74, 6) is 1.58. The Labute approximate surface area is 121 Å². The minimum absolute atomic E-state index is 0.195. The van der Waals surface area contributed by atoms with Crippen molar-refractivity contribution in [2.75, 3.05) is 7.11 Å². The third-order valence-electron chi connectivity index (χ3n) is 3.43. The molecule has 2 aromatic carbocycles. The van der Waals surface area contributed by atoms with Gasteiger partial charge in [0.15, 0.2) is 11.5 Å². The normalized spacial score (nSPS) is 14.2. The molecule has 0 fully saturated rings. The van der Waals surface area contributed by atoms with Gasteiger partial charge in [-0.05, 0) is 29.3 Å². The summed E-state index contributed by atoms with van der Waals surface area (Å²) in [4.78, 5) is 0.